The number of aromatic nitrogens is 1. The Hall–Kier alpha value is -3.93. The highest BCUT2D eigenvalue weighted by Crippen LogP contribution is 2.41. The first-order chi connectivity index (χ1) is 15.4. The number of ether oxygens (including phenoxy) is 1. The van der Waals surface area contributed by atoms with Crippen LogP contribution in [0, 0.1) is 13.8 Å². The quantitative estimate of drug-likeness (QED) is 0.361. The van der Waals surface area contributed by atoms with Crippen LogP contribution in [0.2, 0.25) is 0 Å². The fourth-order valence-corrected chi connectivity index (χ4v) is 3.82. The van der Waals surface area contributed by atoms with E-state index in [1.807, 2.05) is 32.9 Å². The van der Waals surface area contributed by atoms with Crippen molar-refractivity contribution in [3.63, 3.8) is 0 Å². The summed E-state index contributed by atoms with van der Waals surface area (Å²) in [5.41, 5.74) is 3.59. The molecule has 6 heteroatoms. The molecular formula is C26H24N2O4. The van der Waals surface area contributed by atoms with Gasteiger partial charge >= 0.3 is 0 Å². The van der Waals surface area contributed by atoms with E-state index in [0.29, 0.717) is 29.3 Å². The molecule has 0 bridgehead atoms. The molecule has 1 unspecified atom stereocenters. The first kappa shape index (κ1) is 21.3. The van der Waals surface area contributed by atoms with Gasteiger partial charge in [0, 0.05) is 17.4 Å². The van der Waals surface area contributed by atoms with Crippen LogP contribution in [0.5, 0.6) is 5.75 Å². The van der Waals surface area contributed by atoms with Crippen molar-refractivity contribution in [1.29, 1.82) is 0 Å². The van der Waals surface area contributed by atoms with Crippen LogP contribution >= 0.6 is 0 Å². The molecule has 1 aromatic heterocycles. The van der Waals surface area contributed by atoms with Gasteiger partial charge in [-0.05, 0) is 80.4 Å². The molecule has 1 fully saturated rings. The number of hydrogen-bond acceptors (Lipinski definition) is 5. The SMILES string of the molecule is CCOc1ccc(/C(O)=C2\C(=O)C(=O)N(c3ccc(C)c(C)c3)C2c2ccccn2)cc1. The van der Waals surface area contributed by atoms with Crippen molar-refractivity contribution in [3.05, 3.63) is 94.8 Å². The number of pyridine rings is 1. The molecule has 0 saturated carbocycles. The van der Waals surface area contributed by atoms with Crippen molar-refractivity contribution < 1.29 is 19.4 Å². The molecule has 1 aliphatic rings. The number of aryl methyl sites for hydroxylation is 2. The molecule has 1 N–H and O–H groups in total. The van der Waals surface area contributed by atoms with Crippen molar-refractivity contribution in [2.45, 2.75) is 26.8 Å². The van der Waals surface area contributed by atoms with Gasteiger partial charge in [0.25, 0.3) is 11.7 Å². The molecule has 1 saturated heterocycles. The number of aliphatic hydroxyl groups excluding tert-OH is 1. The number of ketones is 1. The number of carbonyl (C=O) groups excluding carboxylic acids is 2. The second kappa shape index (κ2) is 8.67. The van der Waals surface area contributed by atoms with E-state index >= 15 is 0 Å². The maximum Gasteiger partial charge on any atom is 0.300 e. The summed E-state index contributed by atoms with van der Waals surface area (Å²) in [5.74, 6) is -1.03. The van der Waals surface area contributed by atoms with E-state index in [2.05, 4.69) is 4.98 Å². The predicted molar refractivity (Wildman–Crippen MR) is 123 cm³/mol. The molecule has 4 rings (SSSR count). The maximum absolute atomic E-state index is 13.2. The van der Waals surface area contributed by atoms with Crippen LogP contribution in [0.25, 0.3) is 5.76 Å². The topological polar surface area (TPSA) is 79.7 Å². The lowest BCUT2D eigenvalue weighted by Gasteiger charge is -2.25. The normalized spacial score (nSPS) is 17.6. The standard InChI is InChI=1S/C26H24N2O4/c1-4-32-20-12-9-18(10-13-20)24(29)22-23(21-7-5-6-14-27-21)28(26(31)25(22)30)19-11-8-16(2)17(3)15-19/h5-15,23,29H,4H2,1-3H3/b24-22+. The largest absolute Gasteiger partial charge is 0.507 e. The predicted octanol–water partition coefficient (Wildman–Crippen LogP) is 4.72. The average Bonchev–Trinajstić information content (AvgIpc) is 3.07. The van der Waals surface area contributed by atoms with E-state index in [9.17, 15) is 14.7 Å². The fraction of sp³-hybridized carbons (Fsp3) is 0.192. The summed E-state index contributed by atoms with van der Waals surface area (Å²) < 4.78 is 5.45. The zero-order chi connectivity index (χ0) is 22.8. The molecule has 1 aliphatic heterocycles. The molecule has 3 aromatic rings. The van der Waals surface area contributed by atoms with Crippen LogP contribution < -0.4 is 9.64 Å². The third-order valence-corrected chi connectivity index (χ3v) is 5.62. The second-order valence-electron chi connectivity index (χ2n) is 7.65. The number of hydrogen-bond donors (Lipinski definition) is 1. The molecule has 1 atom stereocenters. The highest BCUT2D eigenvalue weighted by atomic mass is 16.5. The number of amides is 1. The van der Waals surface area contributed by atoms with E-state index in [0.717, 1.165) is 11.1 Å². The van der Waals surface area contributed by atoms with Gasteiger partial charge < -0.3 is 9.84 Å². The Morgan fingerprint density at radius 3 is 2.41 bits per heavy atom. The number of rotatable bonds is 5. The summed E-state index contributed by atoms with van der Waals surface area (Å²) in [6.45, 7) is 6.33. The molecule has 2 heterocycles. The minimum absolute atomic E-state index is 0.0103. The van der Waals surface area contributed by atoms with Crippen molar-refractivity contribution in [1.82, 2.24) is 4.98 Å². The Morgan fingerprint density at radius 2 is 1.78 bits per heavy atom. The van der Waals surface area contributed by atoms with E-state index < -0.39 is 17.7 Å². The van der Waals surface area contributed by atoms with Crippen LogP contribution in [-0.4, -0.2) is 28.4 Å². The zero-order valence-electron chi connectivity index (χ0n) is 18.2. The van der Waals surface area contributed by atoms with Gasteiger partial charge in [-0.1, -0.05) is 12.1 Å². The molecule has 0 spiro atoms. The minimum atomic E-state index is -0.843. The first-order valence-corrected chi connectivity index (χ1v) is 10.4. The first-order valence-electron chi connectivity index (χ1n) is 10.4. The number of Topliss-reactive ketones (excluding diaryl/α,β-unsaturated/α-hetero) is 1. The number of benzene rings is 2. The van der Waals surface area contributed by atoms with Crippen molar-refractivity contribution in [3.8, 4) is 5.75 Å². The van der Waals surface area contributed by atoms with Crippen LogP contribution in [0.1, 0.15) is 35.3 Å². The third-order valence-electron chi connectivity index (χ3n) is 5.62. The zero-order valence-corrected chi connectivity index (χ0v) is 18.2. The average molecular weight is 428 g/mol. The molecule has 162 valence electrons. The molecule has 0 aliphatic carbocycles. The van der Waals surface area contributed by atoms with Gasteiger partial charge in [-0.25, -0.2) is 0 Å². The van der Waals surface area contributed by atoms with E-state index in [1.54, 1.807) is 54.7 Å². The molecule has 1 amide bonds. The Balaban J connectivity index is 1.88. The molecule has 2 aromatic carbocycles. The molecule has 0 radical (unpaired) electrons. The van der Waals surface area contributed by atoms with Crippen LogP contribution in [0.3, 0.4) is 0 Å². The number of anilines is 1. The highest BCUT2D eigenvalue weighted by Gasteiger charge is 2.47. The Bertz CT molecular complexity index is 1200. The summed E-state index contributed by atoms with van der Waals surface area (Å²) in [4.78, 5) is 32.1. The summed E-state index contributed by atoms with van der Waals surface area (Å²) in [6, 6.07) is 16.8. The Labute approximate surface area is 186 Å². The van der Waals surface area contributed by atoms with Gasteiger partial charge in [0.05, 0.1) is 17.9 Å². The van der Waals surface area contributed by atoms with Gasteiger partial charge in [-0.15, -0.1) is 0 Å². The van der Waals surface area contributed by atoms with Crippen molar-refractivity contribution in [2.75, 3.05) is 11.5 Å². The van der Waals surface area contributed by atoms with E-state index in [-0.39, 0.29) is 11.3 Å². The van der Waals surface area contributed by atoms with Gasteiger partial charge in [0.2, 0.25) is 0 Å². The number of nitrogens with zero attached hydrogens (tertiary/aromatic N) is 2. The summed E-state index contributed by atoms with van der Waals surface area (Å²) in [6.07, 6.45) is 1.60. The molecular weight excluding hydrogens is 404 g/mol. The Kier molecular flexibility index (Phi) is 5.77. The van der Waals surface area contributed by atoms with Crippen molar-refractivity contribution >= 4 is 23.1 Å². The maximum atomic E-state index is 13.2. The minimum Gasteiger partial charge on any atom is -0.507 e. The lowest BCUT2D eigenvalue weighted by Crippen LogP contribution is -2.29. The molecule has 6 nitrogen and oxygen atoms in total. The van der Waals surface area contributed by atoms with Gasteiger partial charge in [0.15, 0.2) is 0 Å². The number of carbonyl (C=O) groups is 2. The van der Waals surface area contributed by atoms with Gasteiger partial charge in [-0.2, -0.15) is 0 Å². The summed E-state index contributed by atoms with van der Waals surface area (Å²) in [7, 11) is 0. The lowest BCUT2D eigenvalue weighted by molar-refractivity contribution is -0.132. The Morgan fingerprint density at radius 1 is 1.03 bits per heavy atom. The summed E-state index contributed by atoms with van der Waals surface area (Å²) in [5, 5.41) is 11.1. The summed E-state index contributed by atoms with van der Waals surface area (Å²) >= 11 is 0. The van der Waals surface area contributed by atoms with E-state index in [1.165, 1.54) is 4.90 Å². The number of aliphatic hydroxyl groups is 1. The van der Waals surface area contributed by atoms with Gasteiger partial charge in [0.1, 0.15) is 17.6 Å². The smallest absolute Gasteiger partial charge is 0.300 e. The van der Waals surface area contributed by atoms with Crippen molar-refractivity contribution in [2.24, 2.45) is 0 Å². The third kappa shape index (κ3) is 3.75. The van der Waals surface area contributed by atoms with Crippen LogP contribution in [0.4, 0.5) is 5.69 Å². The monoisotopic (exact) mass is 428 g/mol. The van der Waals surface area contributed by atoms with Crippen LogP contribution in [-0.2, 0) is 9.59 Å². The van der Waals surface area contributed by atoms with Crippen LogP contribution in [0.15, 0.2) is 72.4 Å². The van der Waals surface area contributed by atoms with Gasteiger partial charge in [-0.3, -0.25) is 19.5 Å². The second-order valence-corrected chi connectivity index (χ2v) is 7.65. The lowest BCUT2D eigenvalue weighted by atomic mass is 9.98. The highest BCUT2D eigenvalue weighted by molar-refractivity contribution is 6.51. The molecule has 32 heavy (non-hydrogen) atoms. The fourth-order valence-electron chi connectivity index (χ4n) is 3.82. The van der Waals surface area contributed by atoms with E-state index in [4.69, 9.17) is 4.74 Å².